The molecular formula is C17H16N2O2S2. The Bertz CT molecular complexity index is 907. The van der Waals surface area contributed by atoms with Gasteiger partial charge in [-0.15, -0.1) is 0 Å². The Labute approximate surface area is 141 Å². The maximum absolute atomic E-state index is 12.3. The van der Waals surface area contributed by atoms with E-state index in [1.807, 2.05) is 48.5 Å². The average molecular weight is 344 g/mol. The van der Waals surface area contributed by atoms with E-state index in [4.69, 9.17) is 0 Å². The topological polar surface area (TPSA) is 52.0 Å². The number of para-hydroxylation sites is 1. The zero-order chi connectivity index (χ0) is 16.2. The summed E-state index contributed by atoms with van der Waals surface area (Å²) in [6, 6.07) is 16.7. The van der Waals surface area contributed by atoms with Crippen molar-refractivity contribution in [3.8, 4) is 0 Å². The molecule has 3 aromatic rings. The molecule has 0 N–H and O–H groups in total. The van der Waals surface area contributed by atoms with Gasteiger partial charge in [0, 0.05) is 23.4 Å². The molecule has 0 aliphatic rings. The Morgan fingerprint density at radius 3 is 2.57 bits per heavy atom. The molecule has 0 aliphatic carbocycles. The predicted molar refractivity (Wildman–Crippen MR) is 95.4 cm³/mol. The highest BCUT2D eigenvalue weighted by Gasteiger charge is 2.09. The molecule has 0 radical (unpaired) electrons. The number of hydrogen-bond donors (Lipinski definition) is 0. The molecule has 0 fully saturated rings. The second-order valence-corrected chi connectivity index (χ2v) is 7.62. The molecule has 0 saturated carbocycles. The molecule has 6 heteroatoms. The van der Waals surface area contributed by atoms with Crippen molar-refractivity contribution < 1.29 is 4.21 Å². The van der Waals surface area contributed by atoms with Crippen molar-refractivity contribution in [1.82, 2.24) is 9.55 Å². The van der Waals surface area contributed by atoms with Crippen LogP contribution in [0, 0.1) is 0 Å². The molecule has 23 heavy (non-hydrogen) atoms. The van der Waals surface area contributed by atoms with E-state index in [-0.39, 0.29) is 5.56 Å². The fourth-order valence-corrected chi connectivity index (χ4v) is 4.48. The summed E-state index contributed by atoms with van der Waals surface area (Å²) < 4.78 is 13.8. The quantitative estimate of drug-likeness (QED) is 0.527. The van der Waals surface area contributed by atoms with Crippen LogP contribution in [0.3, 0.4) is 0 Å². The minimum Gasteiger partial charge on any atom is -0.290 e. The highest BCUT2D eigenvalue weighted by Crippen LogP contribution is 2.17. The molecule has 0 saturated heterocycles. The molecule has 1 aromatic heterocycles. The van der Waals surface area contributed by atoms with E-state index in [2.05, 4.69) is 4.98 Å². The molecule has 1 heterocycles. The number of aromatic nitrogens is 2. The first-order valence-corrected chi connectivity index (χ1v) is 9.49. The molecule has 3 rings (SSSR count). The maximum atomic E-state index is 12.3. The van der Waals surface area contributed by atoms with Crippen LogP contribution in [0.25, 0.3) is 10.9 Å². The average Bonchev–Trinajstić information content (AvgIpc) is 2.60. The molecule has 118 valence electrons. The van der Waals surface area contributed by atoms with Crippen molar-refractivity contribution in [2.45, 2.75) is 10.1 Å². The molecule has 0 unspecified atom stereocenters. The van der Waals surface area contributed by atoms with E-state index < -0.39 is 10.8 Å². The van der Waals surface area contributed by atoms with Crippen LogP contribution in [0.5, 0.6) is 0 Å². The summed E-state index contributed by atoms with van der Waals surface area (Å²) in [5.74, 6) is 1.16. The monoisotopic (exact) mass is 344 g/mol. The number of benzene rings is 2. The van der Waals surface area contributed by atoms with Crippen LogP contribution in [-0.2, 0) is 17.8 Å². The van der Waals surface area contributed by atoms with E-state index >= 15 is 0 Å². The van der Waals surface area contributed by atoms with Crippen LogP contribution in [0.15, 0.2) is 69.4 Å². The van der Waals surface area contributed by atoms with E-state index in [9.17, 15) is 9.00 Å². The third-order valence-corrected chi connectivity index (χ3v) is 6.11. The lowest BCUT2D eigenvalue weighted by Gasteiger charge is -2.08. The van der Waals surface area contributed by atoms with Gasteiger partial charge < -0.3 is 0 Å². The Balaban J connectivity index is 1.74. The first-order chi connectivity index (χ1) is 11.2. The first-order valence-electron chi connectivity index (χ1n) is 7.19. The Morgan fingerprint density at radius 1 is 1.09 bits per heavy atom. The lowest BCUT2D eigenvalue weighted by molar-refractivity contribution is 0.684. The third-order valence-electron chi connectivity index (χ3n) is 3.45. The second-order valence-electron chi connectivity index (χ2n) is 4.99. The smallest absolute Gasteiger partial charge is 0.261 e. The molecule has 0 amide bonds. The van der Waals surface area contributed by atoms with Crippen molar-refractivity contribution in [1.29, 1.82) is 0 Å². The zero-order valence-electron chi connectivity index (χ0n) is 12.6. The van der Waals surface area contributed by atoms with Crippen LogP contribution in [0.1, 0.15) is 0 Å². The Morgan fingerprint density at radius 2 is 1.78 bits per heavy atom. The van der Waals surface area contributed by atoms with Gasteiger partial charge in [0.2, 0.25) is 0 Å². The van der Waals surface area contributed by atoms with Crippen molar-refractivity contribution in [3.05, 3.63) is 65.0 Å². The zero-order valence-corrected chi connectivity index (χ0v) is 14.3. The van der Waals surface area contributed by atoms with Crippen molar-refractivity contribution in [2.75, 3.05) is 11.5 Å². The third kappa shape index (κ3) is 3.54. The standard InChI is InChI=1S/C17H16N2O2S2/c1-19-16(20)14-9-5-6-10-15(14)18-17(19)22-11-12-23(21)13-7-3-2-4-8-13/h2-10H,11-12H2,1H3/t23-/m1/s1. The van der Waals surface area contributed by atoms with Gasteiger partial charge in [-0.25, -0.2) is 4.98 Å². The molecular weight excluding hydrogens is 328 g/mol. The van der Waals surface area contributed by atoms with Gasteiger partial charge in [0.05, 0.1) is 21.7 Å². The number of thioether (sulfide) groups is 1. The summed E-state index contributed by atoms with van der Waals surface area (Å²) in [4.78, 5) is 17.7. The normalized spacial score (nSPS) is 12.4. The predicted octanol–water partition coefficient (Wildman–Crippen LogP) is 2.83. The van der Waals surface area contributed by atoms with Gasteiger partial charge in [0.25, 0.3) is 5.56 Å². The van der Waals surface area contributed by atoms with Gasteiger partial charge >= 0.3 is 0 Å². The largest absolute Gasteiger partial charge is 0.290 e. The highest BCUT2D eigenvalue weighted by atomic mass is 32.2. The number of rotatable bonds is 5. The summed E-state index contributed by atoms with van der Waals surface area (Å²) in [6.45, 7) is 0. The van der Waals surface area contributed by atoms with Gasteiger partial charge in [-0.3, -0.25) is 13.6 Å². The fraction of sp³-hybridized carbons (Fsp3) is 0.176. The van der Waals surface area contributed by atoms with Gasteiger partial charge in [0.15, 0.2) is 5.16 Å². The molecule has 0 aliphatic heterocycles. The lowest BCUT2D eigenvalue weighted by Crippen LogP contribution is -2.20. The molecule has 1 atom stereocenters. The van der Waals surface area contributed by atoms with Gasteiger partial charge in [0.1, 0.15) is 0 Å². The molecule has 0 bridgehead atoms. The van der Waals surface area contributed by atoms with Crippen LogP contribution in [-0.4, -0.2) is 25.3 Å². The van der Waals surface area contributed by atoms with Crippen LogP contribution in [0.4, 0.5) is 0 Å². The number of nitrogens with zero attached hydrogens (tertiary/aromatic N) is 2. The van der Waals surface area contributed by atoms with Crippen LogP contribution in [0.2, 0.25) is 0 Å². The lowest BCUT2D eigenvalue weighted by atomic mass is 10.2. The van der Waals surface area contributed by atoms with Gasteiger partial charge in [-0.05, 0) is 24.3 Å². The SMILES string of the molecule is Cn1c(SCC[S@@](=O)c2ccccc2)nc2ccccc2c1=O. The van der Waals surface area contributed by atoms with Gasteiger partial charge in [-0.2, -0.15) is 0 Å². The van der Waals surface area contributed by atoms with E-state index in [0.717, 1.165) is 4.90 Å². The number of hydrogen-bond acceptors (Lipinski definition) is 4. The van der Waals surface area contributed by atoms with Gasteiger partial charge in [-0.1, -0.05) is 42.1 Å². The van der Waals surface area contributed by atoms with E-state index in [1.165, 1.54) is 11.8 Å². The summed E-state index contributed by atoms with van der Waals surface area (Å²) in [5.41, 5.74) is 0.643. The summed E-state index contributed by atoms with van der Waals surface area (Å²) in [5, 5.41) is 1.27. The Hall–Kier alpha value is -1.92. The van der Waals surface area contributed by atoms with Crippen molar-refractivity contribution in [3.63, 3.8) is 0 Å². The van der Waals surface area contributed by atoms with Crippen LogP contribution < -0.4 is 5.56 Å². The minimum absolute atomic E-state index is 0.0534. The van der Waals surface area contributed by atoms with Crippen molar-refractivity contribution in [2.24, 2.45) is 7.05 Å². The fourth-order valence-electron chi connectivity index (χ4n) is 2.23. The Kier molecular flexibility index (Phi) is 4.93. The molecule has 4 nitrogen and oxygen atoms in total. The highest BCUT2D eigenvalue weighted by molar-refractivity contribution is 8.00. The summed E-state index contributed by atoms with van der Waals surface area (Å²) in [7, 11) is 0.688. The summed E-state index contributed by atoms with van der Waals surface area (Å²) >= 11 is 1.46. The molecule has 0 spiro atoms. The molecule has 2 aromatic carbocycles. The first kappa shape index (κ1) is 16.0. The second kappa shape index (κ2) is 7.10. The van der Waals surface area contributed by atoms with E-state index in [1.54, 1.807) is 17.7 Å². The van der Waals surface area contributed by atoms with Crippen molar-refractivity contribution >= 4 is 33.5 Å². The maximum Gasteiger partial charge on any atom is 0.261 e. The van der Waals surface area contributed by atoms with E-state index in [0.29, 0.717) is 27.6 Å². The van der Waals surface area contributed by atoms with Crippen LogP contribution >= 0.6 is 11.8 Å². The minimum atomic E-state index is -1.03. The number of fused-ring (bicyclic) bond motifs is 1. The summed E-state index contributed by atoms with van der Waals surface area (Å²) in [6.07, 6.45) is 0.